The van der Waals surface area contributed by atoms with Crippen LogP contribution in [-0.2, 0) is 0 Å². The first-order valence-electron chi connectivity index (χ1n) is 16.4. The number of pyridine rings is 2. The molecule has 8 aromatic heterocycles. The van der Waals surface area contributed by atoms with Crippen LogP contribution in [-0.4, -0.2) is 65.0 Å². The van der Waals surface area contributed by atoms with E-state index in [9.17, 15) is 4.39 Å². The molecule has 244 valence electrons. The number of rotatable bonds is 6. The third-order valence-corrected chi connectivity index (χ3v) is 10.1. The molecule has 0 saturated heterocycles. The predicted octanol–water partition coefficient (Wildman–Crippen LogP) is 5.45. The van der Waals surface area contributed by atoms with Crippen LogP contribution in [0.2, 0.25) is 0 Å². The average molecular weight is 655 g/mol. The van der Waals surface area contributed by atoms with Gasteiger partial charge in [-0.1, -0.05) is 0 Å². The number of methoxy groups -OCH3 is 1. The maximum absolute atomic E-state index is 14.2. The van der Waals surface area contributed by atoms with Crippen molar-refractivity contribution in [3.05, 3.63) is 101 Å². The molecule has 0 spiro atoms. The Morgan fingerprint density at radius 3 is 2.22 bits per heavy atom. The summed E-state index contributed by atoms with van der Waals surface area (Å²) in [6.07, 6.45) is 12.8. The highest BCUT2D eigenvalue weighted by molar-refractivity contribution is 5.72. The molecule has 0 aliphatic heterocycles. The van der Waals surface area contributed by atoms with E-state index in [4.69, 9.17) is 39.9 Å². The van der Waals surface area contributed by atoms with Gasteiger partial charge in [-0.2, -0.15) is 10.2 Å². The first-order valence-corrected chi connectivity index (χ1v) is 16.4. The van der Waals surface area contributed by atoms with Gasteiger partial charge in [0.1, 0.15) is 22.9 Å². The number of hydrogen-bond donors (Lipinski definition) is 0. The van der Waals surface area contributed by atoms with Crippen molar-refractivity contribution in [2.24, 2.45) is 0 Å². The summed E-state index contributed by atoms with van der Waals surface area (Å²) < 4.78 is 27.3. The van der Waals surface area contributed by atoms with Crippen molar-refractivity contribution in [2.45, 2.75) is 64.2 Å². The molecule has 4 atom stereocenters. The Bertz CT molecular complexity index is 2630. The number of aromatic nitrogens is 12. The minimum Gasteiger partial charge on any atom is -0.493 e. The first kappa shape index (κ1) is 28.2. The van der Waals surface area contributed by atoms with E-state index >= 15 is 0 Å². The zero-order valence-corrected chi connectivity index (χ0v) is 27.5. The van der Waals surface area contributed by atoms with E-state index in [0.29, 0.717) is 28.2 Å². The largest absolute Gasteiger partial charge is 0.493 e. The van der Waals surface area contributed by atoms with E-state index in [0.717, 1.165) is 69.9 Å². The highest BCUT2D eigenvalue weighted by atomic mass is 19.1. The molecule has 8 aromatic rings. The van der Waals surface area contributed by atoms with Crippen LogP contribution in [0.3, 0.4) is 0 Å². The molecule has 0 amide bonds. The van der Waals surface area contributed by atoms with Gasteiger partial charge in [0.05, 0.1) is 36.1 Å². The van der Waals surface area contributed by atoms with Gasteiger partial charge in [0.15, 0.2) is 34.3 Å². The molecule has 2 aliphatic carbocycles. The van der Waals surface area contributed by atoms with E-state index in [1.165, 1.54) is 6.20 Å². The molecule has 0 N–H and O–H groups in total. The summed E-state index contributed by atoms with van der Waals surface area (Å²) in [5.74, 6) is 2.65. The molecule has 13 nitrogen and oxygen atoms in total. The quantitative estimate of drug-likeness (QED) is 0.230. The van der Waals surface area contributed by atoms with E-state index in [1.807, 2.05) is 52.7 Å². The van der Waals surface area contributed by atoms with Gasteiger partial charge in [-0.25, -0.2) is 38.3 Å². The molecule has 0 bridgehead atoms. The molecule has 49 heavy (non-hydrogen) atoms. The Labute approximate surface area is 278 Å². The average Bonchev–Trinajstić information content (AvgIpc) is 3.78. The Balaban J connectivity index is 0.991. The normalized spacial score (nSPS) is 20.3. The topological polar surface area (TPSA) is 130 Å². The zero-order valence-electron chi connectivity index (χ0n) is 27.5. The van der Waals surface area contributed by atoms with Crippen LogP contribution in [0.4, 0.5) is 4.39 Å². The third-order valence-electron chi connectivity index (χ3n) is 10.1. The summed E-state index contributed by atoms with van der Waals surface area (Å²) in [4.78, 5) is 29.2. The first-order chi connectivity index (χ1) is 23.7. The van der Waals surface area contributed by atoms with Crippen molar-refractivity contribution in [1.29, 1.82) is 0 Å². The molecule has 4 unspecified atom stereocenters. The predicted molar refractivity (Wildman–Crippen MR) is 177 cm³/mol. The summed E-state index contributed by atoms with van der Waals surface area (Å²) in [5.41, 5.74) is 9.38. The lowest BCUT2D eigenvalue weighted by Crippen LogP contribution is -2.04. The molecule has 8 heterocycles. The van der Waals surface area contributed by atoms with Crippen LogP contribution in [0, 0.1) is 33.5 Å². The molecular weight excluding hydrogens is 623 g/mol. The summed E-state index contributed by atoms with van der Waals surface area (Å²) in [7, 11) is 1.68. The van der Waals surface area contributed by atoms with Gasteiger partial charge in [0, 0.05) is 54.7 Å². The SMILES string of the molecule is COc1c(C)ccn2cc(C3CC3c3nc4c(-c5cnc(C)c6nc(C7CC7c7cn8cc(F)c(C)cc8n7)nn56)ncc(C)n4n3)nc12. The van der Waals surface area contributed by atoms with Gasteiger partial charge in [-0.15, -0.1) is 0 Å². The van der Waals surface area contributed by atoms with Gasteiger partial charge >= 0.3 is 0 Å². The second-order valence-corrected chi connectivity index (χ2v) is 13.4. The minimum atomic E-state index is -0.250. The molecule has 14 heteroatoms. The van der Waals surface area contributed by atoms with Gasteiger partial charge in [-0.05, 0) is 63.8 Å². The molecule has 2 aliphatic rings. The van der Waals surface area contributed by atoms with Crippen molar-refractivity contribution in [1.82, 2.24) is 57.9 Å². The summed E-state index contributed by atoms with van der Waals surface area (Å²) in [5, 5.41) is 9.96. The van der Waals surface area contributed by atoms with Crippen LogP contribution < -0.4 is 4.74 Å². The smallest absolute Gasteiger partial charge is 0.183 e. The molecule has 2 fully saturated rings. The molecular formula is C35H31FN12O. The van der Waals surface area contributed by atoms with Crippen LogP contribution in [0.25, 0.3) is 34.0 Å². The van der Waals surface area contributed by atoms with E-state index < -0.39 is 0 Å². The molecule has 2 saturated carbocycles. The number of hydrogen-bond acceptors (Lipinski definition) is 9. The van der Waals surface area contributed by atoms with E-state index in [-0.39, 0.29) is 29.5 Å². The number of nitrogens with zero attached hydrogens (tertiary/aromatic N) is 12. The maximum Gasteiger partial charge on any atom is 0.183 e. The fourth-order valence-electron chi connectivity index (χ4n) is 7.14. The Kier molecular flexibility index (Phi) is 5.69. The monoisotopic (exact) mass is 654 g/mol. The molecule has 0 radical (unpaired) electrons. The lowest BCUT2D eigenvalue weighted by Gasteiger charge is -2.06. The van der Waals surface area contributed by atoms with Crippen LogP contribution in [0.15, 0.2) is 49.3 Å². The van der Waals surface area contributed by atoms with Crippen LogP contribution in [0.1, 0.15) is 82.1 Å². The third kappa shape index (κ3) is 4.22. The van der Waals surface area contributed by atoms with Crippen molar-refractivity contribution in [2.75, 3.05) is 7.11 Å². The number of halogens is 1. The number of aryl methyl sites for hydroxylation is 4. The Morgan fingerprint density at radius 2 is 1.45 bits per heavy atom. The maximum atomic E-state index is 14.2. The van der Waals surface area contributed by atoms with Crippen molar-refractivity contribution < 1.29 is 9.13 Å². The van der Waals surface area contributed by atoms with Gasteiger partial charge < -0.3 is 13.5 Å². The minimum absolute atomic E-state index is 0.101. The van der Waals surface area contributed by atoms with E-state index in [2.05, 4.69) is 11.2 Å². The highest BCUT2D eigenvalue weighted by Gasteiger charge is 2.46. The standard InChI is InChI=1S/C35H31FN12O/c1-16-6-7-45-14-26(40-35(45)30(16)49-5)21-10-23(21)32-42-34-29(38-11-18(3)47(34)43-32)27-12-37-19(4)33-41-31(44-48(27)33)22-9-20(22)25-15-46-13-24(36)17(2)8-28(46)39-25/h6-8,11-15,20-23H,9-10H2,1-5H3. The van der Waals surface area contributed by atoms with Gasteiger partial charge in [0.2, 0.25) is 0 Å². The van der Waals surface area contributed by atoms with Gasteiger partial charge in [0.25, 0.3) is 0 Å². The fraction of sp³-hybridized carbons (Fsp3) is 0.314. The lowest BCUT2D eigenvalue weighted by molar-refractivity contribution is 0.414. The van der Waals surface area contributed by atoms with Crippen LogP contribution >= 0.6 is 0 Å². The molecule has 10 rings (SSSR count). The van der Waals surface area contributed by atoms with Crippen molar-refractivity contribution >= 4 is 22.6 Å². The Morgan fingerprint density at radius 1 is 0.735 bits per heavy atom. The summed E-state index contributed by atoms with van der Waals surface area (Å²) in [6, 6.07) is 3.80. The van der Waals surface area contributed by atoms with E-state index in [1.54, 1.807) is 36.9 Å². The van der Waals surface area contributed by atoms with Crippen molar-refractivity contribution in [3.8, 4) is 17.1 Å². The van der Waals surface area contributed by atoms with Crippen molar-refractivity contribution in [3.63, 3.8) is 0 Å². The number of imidazole rings is 2. The number of fused-ring (bicyclic) bond motifs is 4. The second-order valence-electron chi connectivity index (χ2n) is 13.4. The zero-order chi connectivity index (χ0) is 33.3. The highest BCUT2D eigenvalue weighted by Crippen LogP contribution is 2.54. The second kappa shape index (κ2) is 9.87. The fourth-order valence-corrected chi connectivity index (χ4v) is 7.14. The van der Waals surface area contributed by atoms with Gasteiger partial charge in [-0.3, -0.25) is 4.98 Å². The Hall–Kier alpha value is -5.79. The number of ether oxygens (including phenoxy) is 1. The summed E-state index contributed by atoms with van der Waals surface area (Å²) in [6.45, 7) is 7.68. The molecule has 0 aromatic carbocycles. The summed E-state index contributed by atoms with van der Waals surface area (Å²) >= 11 is 0. The lowest BCUT2D eigenvalue weighted by atomic mass is 10.2. The van der Waals surface area contributed by atoms with Crippen LogP contribution in [0.5, 0.6) is 5.75 Å².